The van der Waals surface area contributed by atoms with Crippen molar-refractivity contribution in [2.45, 2.75) is 30.8 Å². The van der Waals surface area contributed by atoms with E-state index < -0.39 is 37.4 Å². The SMILES string of the molecule is CN1CCN(c2[nH]c3c([n+]2C2OC(CO)C(O)C2O)NC(N)NC3=O)CC1. The second-order valence-corrected chi connectivity index (χ2v) is 7.16. The van der Waals surface area contributed by atoms with E-state index in [1.165, 1.54) is 0 Å². The minimum absolute atomic E-state index is 0.267. The maximum atomic E-state index is 12.4. The number of amides is 1. The van der Waals surface area contributed by atoms with Crippen molar-refractivity contribution < 1.29 is 29.4 Å². The van der Waals surface area contributed by atoms with Crippen LogP contribution in [0.5, 0.6) is 0 Å². The topological polar surface area (TPSA) is 163 Å². The number of fused-ring (bicyclic) bond motifs is 1. The number of rotatable bonds is 3. The number of nitrogens with zero attached hydrogens (tertiary/aromatic N) is 3. The Kier molecular flexibility index (Phi) is 4.70. The van der Waals surface area contributed by atoms with Gasteiger partial charge in [-0.3, -0.25) is 25.7 Å². The molecule has 0 saturated carbocycles. The summed E-state index contributed by atoms with van der Waals surface area (Å²) in [6.07, 6.45) is -5.23. The van der Waals surface area contributed by atoms with Crippen LogP contribution in [0.25, 0.3) is 0 Å². The molecule has 3 aliphatic rings. The Morgan fingerprint density at radius 3 is 2.56 bits per heavy atom. The molecule has 1 aromatic heterocycles. The Labute approximate surface area is 155 Å². The van der Waals surface area contributed by atoms with Crippen molar-refractivity contribution in [1.82, 2.24) is 15.2 Å². The van der Waals surface area contributed by atoms with Gasteiger partial charge in [0.15, 0.2) is 6.29 Å². The predicted octanol–water partition coefficient (Wildman–Crippen LogP) is -3.94. The van der Waals surface area contributed by atoms with E-state index in [-0.39, 0.29) is 11.6 Å². The number of hydrogen-bond donors (Lipinski definition) is 7. The third kappa shape index (κ3) is 3.03. The number of nitrogens with two attached hydrogens (primary N) is 1. The van der Waals surface area contributed by atoms with Crippen LogP contribution in [0.1, 0.15) is 16.7 Å². The molecule has 3 aliphatic heterocycles. The van der Waals surface area contributed by atoms with Crippen LogP contribution in [-0.4, -0.2) is 95.5 Å². The number of nitrogens with one attached hydrogen (secondary N) is 3. The Hall–Kier alpha value is -1.96. The molecule has 5 atom stereocenters. The van der Waals surface area contributed by atoms with E-state index in [1.807, 2.05) is 11.9 Å². The van der Waals surface area contributed by atoms with Crippen molar-refractivity contribution in [1.29, 1.82) is 0 Å². The second-order valence-electron chi connectivity index (χ2n) is 7.16. The van der Waals surface area contributed by atoms with E-state index in [2.05, 4.69) is 20.5 Å². The number of carbonyl (C=O) groups is 1. The van der Waals surface area contributed by atoms with Crippen LogP contribution in [0.2, 0.25) is 0 Å². The number of H-pyrrole nitrogens is 1. The van der Waals surface area contributed by atoms with Crippen LogP contribution in [0.4, 0.5) is 11.8 Å². The van der Waals surface area contributed by atoms with Crippen molar-refractivity contribution in [3.05, 3.63) is 5.69 Å². The summed E-state index contributed by atoms with van der Waals surface area (Å²) in [5.74, 6) is 0.562. The lowest BCUT2D eigenvalue weighted by molar-refractivity contribution is -0.742. The number of aliphatic hydroxyl groups is 3. The average molecular weight is 384 g/mol. The normalized spacial score (nSPS) is 34.3. The number of carbonyl (C=O) groups excluding carboxylic acids is 1. The number of ether oxygens (including phenoxy) is 1. The van der Waals surface area contributed by atoms with Crippen molar-refractivity contribution in [2.75, 3.05) is 50.1 Å². The van der Waals surface area contributed by atoms with Gasteiger partial charge in [-0.05, 0) is 7.05 Å². The van der Waals surface area contributed by atoms with Gasteiger partial charge in [-0.15, -0.1) is 0 Å². The second kappa shape index (κ2) is 6.89. The molecule has 4 heterocycles. The highest BCUT2D eigenvalue weighted by Crippen LogP contribution is 2.31. The molecule has 0 aromatic carbocycles. The summed E-state index contributed by atoms with van der Waals surface area (Å²) in [5.41, 5.74) is 6.11. The van der Waals surface area contributed by atoms with E-state index in [1.54, 1.807) is 4.57 Å². The number of piperazine rings is 1. The number of aromatic amines is 1. The fourth-order valence-corrected chi connectivity index (χ4v) is 3.75. The summed E-state index contributed by atoms with van der Waals surface area (Å²) in [6, 6.07) is 0. The number of hydrogen-bond acceptors (Lipinski definition) is 9. The lowest BCUT2D eigenvalue weighted by atomic mass is 10.1. The van der Waals surface area contributed by atoms with E-state index in [0.29, 0.717) is 24.9 Å². The molecule has 8 N–H and O–H groups in total. The number of anilines is 2. The van der Waals surface area contributed by atoms with E-state index in [9.17, 15) is 20.1 Å². The third-order valence-electron chi connectivity index (χ3n) is 5.32. The summed E-state index contributed by atoms with van der Waals surface area (Å²) >= 11 is 0. The minimum atomic E-state index is -1.28. The number of aromatic nitrogens is 2. The molecule has 150 valence electrons. The molecule has 12 nitrogen and oxygen atoms in total. The van der Waals surface area contributed by atoms with E-state index in [4.69, 9.17) is 10.5 Å². The first kappa shape index (κ1) is 18.4. The van der Waals surface area contributed by atoms with Crippen LogP contribution in [0.15, 0.2) is 0 Å². The molecule has 0 aliphatic carbocycles. The zero-order valence-corrected chi connectivity index (χ0v) is 15.0. The first-order chi connectivity index (χ1) is 12.9. The van der Waals surface area contributed by atoms with Crippen molar-refractivity contribution in [2.24, 2.45) is 5.73 Å². The molecule has 4 rings (SSSR count). The Morgan fingerprint density at radius 2 is 1.93 bits per heavy atom. The first-order valence-electron chi connectivity index (χ1n) is 8.97. The van der Waals surface area contributed by atoms with Gasteiger partial charge in [0, 0.05) is 13.1 Å². The first-order valence-corrected chi connectivity index (χ1v) is 8.97. The fraction of sp³-hybridized carbons (Fsp3) is 0.733. The molecule has 0 radical (unpaired) electrons. The Bertz CT molecular complexity index is 720. The van der Waals surface area contributed by atoms with Crippen LogP contribution >= 0.6 is 0 Å². The van der Waals surface area contributed by atoms with Gasteiger partial charge in [-0.25, -0.2) is 0 Å². The molecule has 2 saturated heterocycles. The van der Waals surface area contributed by atoms with E-state index in [0.717, 1.165) is 13.1 Å². The van der Waals surface area contributed by atoms with Gasteiger partial charge in [0.1, 0.15) is 18.3 Å². The van der Waals surface area contributed by atoms with Crippen LogP contribution in [0, 0.1) is 0 Å². The largest absolute Gasteiger partial charge is 0.394 e. The van der Waals surface area contributed by atoms with Gasteiger partial charge in [0.2, 0.25) is 17.7 Å². The molecule has 0 bridgehead atoms. The smallest absolute Gasteiger partial charge is 0.319 e. The molecular weight excluding hydrogens is 358 g/mol. The van der Waals surface area contributed by atoms with Crippen molar-refractivity contribution >= 4 is 17.7 Å². The summed E-state index contributed by atoms with van der Waals surface area (Å²) in [6.45, 7) is 2.65. The molecule has 1 aromatic rings. The molecule has 27 heavy (non-hydrogen) atoms. The Balaban J connectivity index is 1.77. The lowest BCUT2D eigenvalue weighted by Crippen LogP contribution is -2.57. The molecule has 1 amide bonds. The summed E-state index contributed by atoms with van der Waals surface area (Å²) in [7, 11) is 2.03. The van der Waals surface area contributed by atoms with Gasteiger partial charge < -0.3 is 30.3 Å². The molecule has 12 heteroatoms. The summed E-state index contributed by atoms with van der Waals surface area (Å²) in [5, 5.41) is 35.7. The quantitative estimate of drug-likeness (QED) is 0.258. The van der Waals surface area contributed by atoms with Gasteiger partial charge in [0.25, 0.3) is 5.91 Å². The standard InChI is InChI=1S/C15H25N7O5/c1-20-2-4-21(5-3-20)15-17-8-11(18-14(16)19-12(8)26)22(15)13-10(25)9(24)7(6-23)27-13/h7,9-10,13-14,23-25H,2-6,16H2,1H3,(H2,18,19,26)/p+1. The number of likely N-dealkylation sites (N-methyl/N-ethyl adjacent to an activating group) is 1. The third-order valence-corrected chi connectivity index (χ3v) is 5.32. The van der Waals surface area contributed by atoms with Gasteiger partial charge in [0.05, 0.1) is 19.7 Å². The highest BCUT2D eigenvalue weighted by atomic mass is 16.6. The Morgan fingerprint density at radius 1 is 1.22 bits per heavy atom. The lowest BCUT2D eigenvalue weighted by Gasteiger charge is -2.31. The number of aliphatic hydroxyl groups excluding tert-OH is 3. The fourth-order valence-electron chi connectivity index (χ4n) is 3.75. The maximum absolute atomic E-state index is 12.4. The van der Waals surface area contributed by atoms with Gasteiger partial charge >= 0.3 is 5.95 Å². The van der Waals surface area contributed by atoms with Crippen molar-refractivity contribution in [3.8, 4) is 0 Å². The van der Waals surface area contributed by atoms with Crippen LogP contribution < -0.4 is 25.8 Å². The van der Waals surface area contributed by atoms with Gasteiger partial charge in [-0.2, -0.15) is 4.57 Å². The molecular formula is C15H26N7O5+. The highest BCUT2D eigenvalue weighted by Gasteiger charge is 2.49. The minimum Gasteiger partial charge on any atom is -0.394 e. The highest BCUT2D eigenvalue weighted by molar-refractivity contribution is 5.98. The predicted molar refractivity (Wildman–Crippen MR) is 92.8 cm³/mol. The van der Waals surface area contributed by atoms with Crippen LogP contribution in [-0.2, 0) is 4.74 Å². The summed E-state index contributed by atoms with van der Waals surface area (Å²) in [4.78, 5) is 19.7. The van der Waals surface area contributed by atoms with E-state index >= 15 is 0 Å². The summed E-state index contributed by atoms with van der Waals surface area (Å²) < 4.78 is 7.33. The van der Waals surface area contributed by atoms with Crippen LogP contribution in [0.3, 0.4) is 0 Å². The average Bonchev–Trinajstić information content (AvgIpc) is 3.14. The molecule has 0 spiro atoms. The monoisotopic (exact) mass is 384 g/mol. The zero-order valence-electron chi connectivity index (χ0n) is 15.0. The number of imidazole rings is 1. The van der Waals surface area contributed by atoms with Gasteiger partial charge in [-0.1, -0.05) is 0 Å². The molecule has 5 unspecified atom stereocenters. The molecule has 2 fully saturated rings. The van der Waals surface area contributed by atoms with Crippen molar-refractivity contribution in [3.63, 3.8) is 0 Å². The maximum Gasteiger partial charge on any atom is 0.319 e. The zero-order chi connectivity index (χ0) is 19.3.